The fraction of sp³-hybridized carbons (Fsp3) is 0.318. The van der Waals surface area contributed by atoms with Gasteiger partial charge in [-0.05, 0) is 24.6 Å². The van der Waals surface area contributed by atoms with Crippen LogP contribution in [-0.2, 0) is 25.7 Å². The molecule has 0 aliphatic rings. The van der Waals surface area contributed by atoms with Crippen molar-refractivity contribution in [3.63, 3.8) is 0 Å². The number of para-hydroxylation sites is 1. The summed E-state index contributed by atoms with van der Waals surface area (Å²) in [5, 5.41) is 15.7. The SMILES string of the molecule is CC[N+]([O-])(C(=O)C[C@@H](CC(=O)OC)NC(=O)OCc1ccccc1)c1ccccc1. The van der Waals surface area contributed by atoms with E-state index in [4.69, 9.17) is 4.74 Å². The number of hydrogen-bond acceptors (Lipinski definition) is 6. The van der Waals surface area contributed by atoms with E-state index in [1.807, 2.05) is 18.2 Å². The summed E-state index contributed by atoms with van der Waals surface area (Å²) >= 11 is 0. The first-order chi connectivity index (χ1) is 14.4. The van der Waals surface area contributed by atoms with Gasteiger partial charge in [0.2, 0.25) is 0 Å². The molecule has 0 spiro atoms. The van der Waals surface area contributed by atoms with Crippen LogP contribution < -0.4 is 9.96 Å². The number of carbonyl (C=O) groups excluding carboxylic acids is 3. The number of hydrogen-bond donors (Lipinski definition) is 1. The first-order valence-electron chi connectivity index (χ1n) is 9.61. The Morgan fingerprint density at radius 1 is 1.00 bits per heavy atom. The third-order valence-corrected chi connectivity index (χ3v) is 4.62. The van der Waals surface area contributed by atoms with Gasteiger partial charge in [0.05, 0.1) is 32.5 Å². The van der Waals surface area contributed by atoms with Crippen molar-refractivity contribution < 1.29 is 23.9 Å². The molecule has 1 unspecified atom stereocenters. The number of methoxy groups -OCH3 is 1. The molecule has 0 radical (unpaired) electrons. The third-order valence-electron chi connectivity index (χ3n) is 4.62. The van der Waals surface area contributed by atoms with E-state index in [-0.39, 0.29) is 31.7 Å². The highest BCUT2D eigenvalue weighted by molar-refractivity contribution is 5.90. The zero-order valence-corrected chi connectivity index (χ0v) is 17.1. The summed E-state index contributed by atoms with van der Waals surface area (Å²) < 4.78 is 8.60. The van der Waals surface area contributed by atoms with Crippen LogP contribution >= 0.6 is 0 Å². The predicted molar refractivity (Wildman–Crippen MR) is 112 cm³/mol. The molecule has 2 rings (SSSR count). The summed E-state index contributed by atoms with van der Waals surface area (Å²) in [6.07, 6.45) is -1.40. The highest BCUT2D eigenvalue weighted by atomic mass is 16.6. The van der Waals surface area contributed by atoms with Crippen molar-refractivity contribution in [3.8, 4) is 0 Å². The van der Waals surface area contributed by atoms with Gasteiger partial charge in [-0.2, -0.15) is 0 Å². The monoisotopic (exact) mass is 414 g/mol. The second kappa shape index (κ2) is 11.1. The molecule has 30 heavy (non-hydrogen) atoms. The molecule has 2 atom stereocenters. The number of hydroxylamine groups is 2. The van der Waals surface area contributed by atoms with Gasteiger partial charge >= 0.3 is 18.0 Å². The molecule has 8 nitrogen and oxygen atoms in total. The highest BCUT2D eigenvalue weighted by Crippen LogP contribution is 2.23. The maximum Gasteiger partial charge on any atom is 0.407 e. The maximum atomic E-state index is 13.2. The van der Waals surface area contributed by atoms with E-state index >= 15 is 0 Å². The number of quaternary nitrogens is 1. The molecule has 0 aliphatic heterocycles. The van der Waals surface area contributed by atoms with Crippen LogP contribution in [-0.4, -0.2) is 37.7 Å². The number of rotatable bonds is 9. The second-order valence-electron chi connectivity index (χ2n) is 6.67. The Hall–Kier alpha value is -3.23. The van der Waals surface area contributed by atoms with Crippen molar-refractivity contribution in [2.75, 3.05) is 13.7 Å². The molecule has 0 heterocycles. The number of amides is 2. The highest BCUT2D eigenvalue weighted by Gasteiger charge is 2.32. The average Bonchev–Trinajstić information content (AvgIpc) is 2.78. The minimum absolute atomic E-state index is 0.0216. The fourth-order valence-electron chi connectivity index (χ4n) is 2.92. The molecule has 0 fully saturated rings. The summed E-state index contributed by atoms with van der Waals surface area (Å²) in [5.41, 5.74) is 1.08. The lowest BCUT2D eigenvalue weighted by molar-refractivity contribution is -0.141. The molecule has 8 heteroatoms. The summed E-state index contributed by atoms with van der Waals surface area (Å²) in [7, 11) is 1.21. The van der Waals surface area contributed by atoms with Crippen LogP contribution in [0, 0.1) is 5.21 Å². The zero-order valence-electron chi connectivity index (χ0n) is 17.1. The molecular formula is C22H26N2O6. The zero-order chi connectivity index (χ0) is 22.0. The minimum atomic E-state index is -1.20. The summed E-state index contributed by atoms with van der Waals surface area (Å²) in [5.74, 6) is -1.29. The molecule has 2 amide bonds. The maximum absolute atomic E-state index is 13.2. The molecule has 2 aromatic carbocycles. The van der Waals surface area contributed by atoms with Gasteiger partial charge < -0.3 is 20.0 Å². The van der Waals surface area contributed by atoms with Gasteiger partial charge in [-0.15, -0.1) is 0 Å². The summed E-state index contributed by atoms with van der Waals surface area (Å²) in [6.45, 7) is 1.62. The van der Waals surface area contributed by atoms with Gasteiger partial charge in [-0.3, -0.25) is 9.44 Å². The Balaban J connectivity index is 2.07. The van der Waals surface area contributed by atoms with Crippen LogP contribution in [0.4, 0.5) is 10.5 Å². The van der Waals surface area contributed by atoms with E-state index in [0.29, 0.717) is 0 Å². The Morgan fingerprint density at radius 2 is 1.60 bits per heavy atom. The van der Waals surface area contributed by atoms with Gasteiger partial charge in [-0.25, -0.2) is 9.59 Å². The van der Waals surface area contributed by atoms with Gasteiger partial charge in [-0.1, -0.05) is 48.5 Å². The van der Waals surface area contributed by atoms with E-state index < -0.39 is 28.7 Å². The van der Waals surface area contributed by atoms with Gasteiger partial charge in [0.15, 0.2) is 0 Å². The van der Waals surface area contributed by atoms with Crippen LogP contribution in [0.1, 0.15) is 25.3 Å². The van der Waals surface area contributed by atoms with Crippen molar-refractivity contribution in [1.29, 1.82) is 0 Å². The lowest BCUT2D eigenvalue weighted by atomic mass is 10.1. The quantitative estimate of drug-likeness (QED) is 0.384. The predicted octanol–water partition coefficient (Wildman–Crippen LogP) is 3.29. The molecule has 0 bridgehead atoms. The third kappa shape index (κ3) is 6.40. The van der Waals surface area contributed by atoms with Crippen LogP contribution in [0.2, 0.25) is 0 Å². The van der Waals surface area contributed by atoms with E-state index in [1.54, 1.807) is 49.4 Å². The van der Waals surface area contributed by atoms with Crippen LogP contribution in [0.15, 0.2) is 60.7 Å². The smallest absolute Gasteiger partial charge is 0.407 e. The summed E-state index contributed by atoms with van der Waals surface area (Å²) in [4.78, 5) is 36.8. The molecule has 0 saturated carbocycles. The number of benzene rings is 2. The number of nitrogens with one attached hydrogen (secondary N) is 1. The number of carbonyl (C=O) groups is 3. The number of nitrogens with zero attached hydrogens (tertiary/aromatic N) is 1. The largest absolute Gasteiger partial charge is 0.620 e. The Bertz CT molecular complexity index is 843. The lowest BCUT2D eigenvalue weighted by Crippen LogP contribution is -2.51. The molecule has 160 valence electrons. The Kier molecular flexibility index (Phi) is 8.52. The molecular weight excluding hydrogens is 388 g/mol. The fourth-order valence-corrected chi connectivity index (χ4v) is 2.92. The van der Waals surface area contributed by atoms with E-state index in [9.17, 15) is 19.6 Å². The van der Waals surface area contributed by atoms with Crippen molar-refractivity contribution in [3.05, 3.63) is 71.4 Å². The molecule has 1 N–H and O–H groups in total. The van der Waals surface area contributed by atoms with Crippen LogP contribution in [0.3, 0.4) is 0 Å². The van der Waals surface area contributed by atoms with E-state index in [2.05, 4.69) is 10.1 Å². The first kappa shape index (κ1) is 23.1. The van der Waals surface area contributed by atoms with Gasteiger partial charge in [0.25, 0.3) is 0 Å². The Morgan fingerprint density at radius 3 is 2.17 bits per heavy atom. The van der Waals surface area contributed by atoms with Crippen LogP contribution in [0.5, 0.6) is 0 Å². The molecule has 2 aromatic rings. The Labute approximate surface area is 175 Å². The van der Waals surface area contributed by atoms with Crippen molar-refractivity contribution in [2.24, 2.45) is 0 Å². The minimum Gasteiger partial charge on any atom is -0.620 e. The molecule has 0 aromatic heterocycles. The number of alkyl carbamates (subject to hydrolysis) is 1. The topological polar surface area (TPSA) is 105 Å². The van der Waals surface area contributed by atoms with Crippen molar-refractivity contribution >= 4 is 23.7 Å². The van der Waals surface area contributed by atoms with Gasteiger partial charge in [0.1, 0.15) is 12.3 Å². The van der Waals surface area contributed by atoms with E-state index in [0.717, 1.165) is 5.56 Å². The number of ether oxygens (including phenoxy) is 2. The average molecular weight is 414 g/mol. The normalized spacial score (nSPS) is 13.6. The number of esters is 1. The van der Waals surface area contributed by atoms with Crippen molar-refractivity contribution in [2.45, 2.75) is 32.4 Å². The first-order valence-corrected chi connectivity index (χ1v) is 9.61. The second-order valence-corrected chi connectivity index (χ2v) is 6.67. The lowest BCUT2D eigenvalue weighted by Gasteiger charge is -2.39. The molecule has 0 aliphatic carbocycles. The van der Waals surface area contributed by atoms with Gasteiger partial charge in [0, 0.05) is 0 Å². The summed E-state index contributed by atoms with van der Waals surface area (Å²) in [6, 6.07) is 16.4. The molecule has 0 saturated heterocycles. The standard InChI is InChI=1S/C22H26N2O6/c1-3-24(28,19-12-8-5-9-13-19)20(25)14-18(15-21(26)29-2)23-22(27)30-16-17-10-6-4-7-11-17/h4-13,18H,3,14-16H2,1-2H3,(H,23,27)/t18-,24?/m0/s1. The van der Waals surface area contributed by atoms with Crippen LogP contribution in [0.25, 0.3) is 0 Å². The van der Waals surface area contributed by atoms with E-state index in [1.165, 1.54) is 7.11 Å². The van der Waals surface area contributed by atoms with Crippen molar-refractivity contribution in [1.82, 2.24) is 9.96 Å².